The highest BCUT2D eigenvalue weighted by molar-refractivity contribution is 9.10. The highest BCUT2D eigenvalue weighted by Gasteiger charge is 2.29. The van der Waals surface area contributed by atoms with Crippen molar-refractivity contribution in [1.29, 1.82) is 0 Å². The zero-order valence-electron chi connectivity index (χ0n) is 12.5. The molecule has 2 atom stereocenters. The molecule has 1 aliphatic rings. The van der Waals surface area contributed by atoms with Crippen LogP contribution in [0.4, 0.5) is 5.69 Å². The molecule has 0 spiro atoms. The zero-order chi connectivity index (χ0) is 15.6. The first-order valence-corrected chi connectivity index (χ1v) is 9.95. The van der Waals surface area contributed by atoms with Crippen molar-refractivity contribution in [3.05, 3.63) is 28.2 Å². The quantitative estimate of drug-likeness (QED) is 0.878. The number of anilines is 1. The van der Waals surface area contributed by atoms with Crippen molar-refractivity contribution in [3.8, 4) is 0 Å². The third kappa shape index (κ3) is 4.20. The van der Waals surface area contributed by atoms with E-state index in [0.29, 0.717) is 6.54 Å². The number of nitrogens with two attached hydrogens (primary N) is 1. The Labute approximate surface area is 135 Å². The minimum absolute atomic E-state index is 0.00141. The van der Waals surface area contributed by atoms with Crippen molar-refractivity contribution in [2.75, 3.05) is 23.0 Å². The molecule has 2 N–H and O–H groups in total. The van der Waals surface area contributed by atoms with Gasteiger partial charge in [-0.15, -0.1) is 0 Å². The number of rotatable bonds is 4. The topological polar surface area (TPSA) is 63.4 Å². The number of nitrogens with zero attached hydrogens (tertiary/aromatic N) is 1. The van der Waals surface area contributed by atoms with Gasteiger partial charge in [-0.1, -0.05) is 22.9 Å². The largest absolute Gasteiger partial charge is 0.367 e. The van der Waals surface area contributed by atoms with Gasteiger partial charge in [0.1, 0.15) is 0 Å². The second-order valence-corrected chi connectivity index (χ2v) is 8.95. The summed E-state index contributed by atoms with van der Waals surface area (Å²) in [5, 5.41) is 0. The first-order chi connectivity index (χ1) is 9.82. The Morgan fingerprint density at radius 2 is 2.19 bits per heavy atom. The van der Waals surface area contributed by atoms with Crippen LogP contribution < -0.4 is 10.6 Å². The molecule has 2 rings (SSSR count). The fraction of sp³-hybridized carbons (Fsp3) is 0.600. The molecule has 118 valence electrons. The van der Waals surface area contributed by atoms with Gasteiger partial charge in [-0.3, -0.25) is 0 Å². The van der Waals surface area contributed by atoms with Crippen LogP contribution >= 0.6 is 15.9 Å². The molecule has 1 heterocycles. The summed E-state index contributed by atoms with van der Waals surface area (Å²) >= 11 is 3.51. The van der Waals surface area contributed by atoms with Gasteiger partial charge in [0.2, 0.25) is 0 Å². The van der Waals surface area contributed by atoms with E-state index in [1.54, 1.807) is 0 Å². The molecule has 0 radical (unpaired) electrons. The van der Waals surface area contributed by atoms with Crippen molar-refractivity contribution in [2.24, 2.45) is 5.73 Å². The molecule has 0 saturated carbocycles. The summed E-state index contributed by atoms with van der Waals surface area (Å²) in [4.78, 5) is 2.20. The van der Waals surface area contributed by atoms with Gasteiger partial charge in [-0.05, 0) is 43.5 Å². The molecule has 4 nitrogen and oxygen atoms in total. The average Bonchev–Trinajstić information content (AvgIpc) is 2.39. The minimum Gasteiger partial charge on any atom is -0.367 e. The van der Waals surface area contributed by atoms with E-state index in [1.807, 2.05) is 13.0 Å². The fourth-order valence-electron chi connectivity index (χ4n) is 2.78. The first-order valence-electron chi connectivity index (χ1n) is 7.33. The van der Waals surface area contributed by atoms with Crippen LogP contribution in [-0.2, 0) is 16.3 Å². The lowest BCUT2D eigenvalue weighted by atomic mass is 10.0. The van der Waals surface area contributed by atoms with Crippen molar-refractivity contribution >= 4 is 31.5 Å². The highest BCUT2D eigenvalue weighted by Crippen LogP contribution is 2.29. The summed E-state index contributed by atoms with van der Waals surface area (Å²) in [6.45, 7) is 4.61. The maximum absolute atomic E-state index is 11.7. The summed E-state index contributed by atoms with van der Waals surface area (Å²) in [5.41, 5.74) is 8.40. The van der Waals surface area contributed by atoms with Gasteiger partial charge in [0.15, 0.2) is 9.84 Å². The predicted molar refractivity (Wildman–Crippen MR) is 91.6 cm³/mol. The molecular weight excluding hydrogens is 352 g/mol. The molecule has 21 heavy (non-hydrogen) atoms. The lowest BCUT2D eigenvalue weighted by Gasteiger charge is -2.36. The predicted octanol–water partition coefficient (Wildman–Crippen LogP) is 2.35. The van der Waals surface area contributed by atoms with Crippen LogP contribution in [0, 0.1) is 0 Å². The summed E-state index contributed by atoms with van der Waals surface area (Å²) in [6.07, 6.45) is 1.73. The fourth-order valence-corrected chi connectivity index (χ4v) is 4.75. The van der Waals surface area contributed by atoms with Crippen molar-refractivity contribution < 1.29 is 8.42 Å². The third-order valence-electron chi connectivity index (χ3n) is 4.03. The molecule has 0 bridgehead atoms. The molecule has 1 saturated heterocycles. The maximum atomic E-state index is 11.7. The van der Waals surface area contributed by atoms with E-state index in [2.05, 4.69) is 39.9 Å². The van der Waals surface area contributed by atoms with E-state index in [9.17, 15) is 8.42 Å². The smallest absolute Gasteiger partial charge is 0.154 e. The second-order valence-electron chi connectivity index (χ2n) is 5.80. The molecule has 2 unspecified atom stereocenters. The normalized spacial score (nSPS) is 23.0. The number of sulfone groups is 1. The Morgan fingerprint density at radius 1 is 1.48 bits per heavy atom. The number of halogens is 1. The monoisotopic (exact) mass is 374 g/mol. The summed E-state index contributed by atoms with van der Waals surface area (Å²) in [6, 6.07) is 6.30. The van der Waals surface area contributed by atoms with Crippen molar-refractivity contribution in [2.45, 2.75) is 38.8 Å². The van der Waals surface area contributed by atoms with Gasteiger partial charge in [0, 0.05) is 28.8 Å². The zero-order valence-corrected chi connectivity index (χ0v) is 15.0. The number of hydrogen-bond acceptors (Lipinski definition) is 4. The van der Waals surface area contributed by atoms with E-state index >= 15 is 0 Å². The van der Waals surface area contributed by atoms with Gasteiger partial charge in [-0.25, -0.2) is 8.42 Å². The molecule has 0 aliphatic carbocycles. The SMILES string of the molecule is CCC(N)Cc1cc(Br)ccc1N1CCS(=O)(=O)CC1C. The van der Waals surface area contributed by atoms with Crippen LogP contribution in [0.15, 0.2) is 22.7 Å². The Bertz CT molecular complexity index is 604. The van der Waals surface area contributed by atoms with Crippen molar-refractivity contribution in [3.63, 3.8) is 0 Å². The van der Waals surface area contributed by atoms with Gasteiger partial charge >= 0.3 is 0 Å². The van der Waals surface area contributed by atoms with Gasteiger partial charge < -0.3 is 10.6 Å². The summed E-state index contributed by atoms with van der Waals surface area (Å²) in [5.74, 6) is 0.453. The van der Waals surface area contributed by atoms with Crippen LogP contribution in [0.5, 0.6) is 0 Å². The second kappa shape index (κ2) is 6.67. The highest BCUT2D eigenvalue weighted by atomic mass is 79.9. The summed E-state index contributed by atoms with van der Waals surface area (Å²) < 4.78 is 24.5. The van der Waals surface area contributed by atoms with E-state index in [-0.39, 0.29) is 23.6 Å². The van der Waals surface area contributed by atoms with E-state index in [0.717, 1.165) is 23.0 Å². The van der Waals surface area contributed by atoms with Crippen LogP contribution in [0.2, 0.25) is 0 Å². The van der Waals surface area contributed by atoms with Crippen LogP contribution in [0.3, 0.4) is 0 Å². The van der Waals surface area contributed by atoms with E-state index in [4.69, 9.17) is 5.73 Å². The first kappa shape index (κ1) is 16.8. The number of benzene rings is 1. The Balaban J connectivity index is 2.30. The molecule has 6 heteroatoms. The van der Waals surface area contributed by atoms with Crippen LogP contribution in [0.1, 0.15) is 25.8 Å². The van der Waals surface area contributed by atoms with Crippen molar-refractivity contribution in [1.82, 2.24) is 0 Å². The standard InChI is InChI=1S/C15H23BrN2O2S/c1-3-14(17)9-12-8-13(16)4-5-15(12)18-6-7-21(19,20)10-11(18)2/h4-5,8,11,14H,3,6-7,9-10,17H2,1-2H3. The molecule has 1 aliphatic heterocycles. The molecular formula is C15H23BrN2O2S. The van der Waals surface area contributed by atoms with E-state index in [1.165, 1.54) is 5.56 Å². The maximum Gasteiger partial charge on any atom is 0.154 e. The number of hydrogen-bond donors (Lipinski definition) is 1. The lowest BCUT2D eigenvalue weighted by molar-refractivity contribution is 0.566. The molecule has 1 fully saturated rings. The Hall–Kier alpha value is -0.590. The van der Waals surface area contributed by atoms with Crippen LogP contribution in [-0.4, -0.2) is 38.6 Å². The molecule has 0 amide bonds. The summed E-state index contributed by atoms with van der Waals surface area (Å²) in [7, 11) is -2.90. The van der Waals surface area contributed by atoms with Gasteiger partial charge in [-0.2, -0.15) is 0 Å². The van der Waals surface area contributed by atoms with Crippen LogP contribution in [0.25, 0.3) is 0 Å². The average molecular weight is 375 g/mol. The molecule has 0 aromatic heterocycles. The van der Waals surface area contributed by atoms with Gasteiger partial charge in [0.25, 0.3) is 0 Å². The van der Waals surface area contributed by atoms with E-state index < -0.39 is 9.84 Å². The third-order valence-corrected chi connectivity index (χ3v) is 6.32. The van der Waals surface area contributed by atoms with Gasteiger partial charge in [0.05, 0.1) is 11.5 Å². The molecule has 1 aromatic carbocycles. The lowest BCUT2D eigenvalue weighted by Crippen LogP contribution is -2.47. The molecule has 1 aromatic rings. The Morgan fingerprint density at radius 3 is 2.81 bits per heavy atom. The minimum atomic E-state index is -2.90. The Kier molecular flexibility index (Phi) is 5.33.